The first-order valence-electron chi connectivity index (χ1n) is 20.3. The number of rotatable bonds is 15. The number of carbonyl (C=O) groups excluding carboxylic acids is 1. The van der Waals surface area contributed by atoms with Gasteiger partial charge in [0.15, 0.2) is 11.8 Å². The molecule has 2 aromatic carbocycles. The molecule has 0 bridgehead atoms. The van der Waals surface area contributed by atoms with Crippen LogP contribution in [0.5, 0.6) is 0 Å². The number of carbonyl (C=O) groups is 1. The molecule has 0 spiro atoms. The minimum Gasteiger partial charge on any atom is -0.748 e. The number of ether oxygens (including phenoxy) is 1. The van der Waals surface area contributed by atoms with Gasteiger partial charge in [0.05, 0.1) is 31.6 Å². The summed E-state index contributed by atoms with van der Waals surface area (Å²) in [7, 11) is -8.57. The van der Waals surface area contributed by atoms with Crippen molar-refractivity contribution in [2.75, 3.05) is 24.6 Å². The summed E-state index contributed by atoms with van der Waals surface area (Å²) in [6, 6.07) is 17.6. The van der Waals surface area contributed by atoms with E-state index in [1.165, 1.54) is 29.2 Å². The number of unbranched alkanes of at least 4 members (excludes halogenated alkanes) is 2. The van der Waals surface area contributed by atoms with Gasteiger partial charge in [-0.05, 0) is 92.9 Å². The van der Waals surface area contributed by atoms with Crippen molar-refractivity contribution in [2.45, 2.75) is 110 Å². The fourth-order valence-corrected chi connectivity index (χ4v) is 11.5. The fraction of sp³-hybridized carbons (Fsp3) is 0.511. The van der Waals surface area contributed by atoms with E-state index in [1.54, 1.807) is 6.08 Å². The van der Waals surface area contributed by atoms with Crippen molar-refractivity contribution in [3.63, 3.8) is 0 Å². The third-order valence-electron chi connectivity index (χ3n) is 12.6. The number of fused-ring (bicyclic) bond motifs is 6. The maximum atomic E-state index is 12.4. The van der Waals surface area contributed by atoms with E-state index < -0.39 is 26.2 Å². The molecule has 4 unspecified atom stereocenters. The molecule has 308 valence electrons. The van der Waals surface area contributed by atoms with Gasteiger partial charge in [-0.2, -0.15) is 0 Å². The number of benzene rings is 2. The minimum absolute atomic E-state index is 0. The molecule has 4 aliphatic rings. The molecule has 1 fully saturated rings. The Morgan fingerprint density at radius 2 is 1.41 bits per heavy atom. The van der Waals surface area contributed by atoms with E-state index in [1.807, 2.05) is 24.3 Å². The van der Waals surface area contributed by atoms with E-state index in [-0.39, 0.29) is 82.2 Å². The first-order chi connectivity index (χ1) is 26.9. The number of hydrogen-bond donors (Lipinski definition) is 0. The normalized spacial score (nSPS) is 24.4. The van der Waals surface area contributed by atoms with Crippen LogP contribution in [0.4, 0.5) is 0 Å². The van der Waals surface area contributed by atoms with E-state index in [0.29, 0.717) is 38.1 Å². The van der Waals surface area contributed by atoms with E-state index in [0.717, 1.165) is 37.1 Å². The van der Waals surface area contributed by atoms with Crippen LogP contribution in [0.2, 0.25) is 0 Å². The quantitative estimate of drug-likeness (QED) is 0.0492. The van der Waals surface area contributed by atoms with Crippen molar-refractivity contribution >= 4 is 31.9 Å². The molecule has 2 aromatic rings. The van der Waals surface area contributed by atoms with Crippen LogP contribution in [0.1, 0.15) is 107 Å². The SMILES string of the molecule is CC(=O)OC(=C\C=C\C=C1\N(CCCCS(=O)(=O)[O-])C2CCc3ccccc3C2C1(C)C)/C=C/C1=[N+](CCCCS(=O)(=O)[O-])C2CCc3ccccc3C2C1(C)C.[Na+]. The van der Waals surface area contributed by atoms with E-state index in [9.17, 15) is 30.7 Å². The number of likely N-dealkylation sites (tertiary alicyclic amines) is 1. The molecule has 13 heteroatoms. The number of allylic oxidation sites excluding steroid dienone is 7. The number of esters is 1. The summed E-state index contributed by atoms with van der Waals surface area (Å²) in [4.78, 5) is 14.8. The fourth-order valence-electron chi connectivity index (χ4n) is 10.4. The maximum Gasteiger partial charge on any atom is 1.00 e. The van der Waals surface area contributed by atoms with Crippen molar-refractivity contribution in [1.82, 2.24) is 4.90 Å². The van der Waals surface area contributed by atoms with Crippen molar-refractivity contribution in [3.05, 3.63) is 119 Å². The molecule has 10 nitrogen and oxygen atoms in total. The molecule has 6 rings (SSSR count). The van der Waals surface area contributed by atoms with Gasteiger partial charge in [-0.3, -0.25) is 4.79 Å². The van der Waals surface area contributed by atoms with Crippen LogP contribution in [0, 0.1) is 10.8 Å². The van der Waals surface area contributed by atoms with Gasteiger partial charge in [-0.1, -0.05) is 74.5 Å². The smallest absolute Gasteiger partial charge is 0.748 e. The van der Waals surface area contributed by atoms with Crippen molar-refractivity contribution in [3.8, 4) is 0 Å². The number of hydrogen-bond acceptors (Lipinski definition) is 9. The Kier molecular flexibility index (Phi) is 15.0. The van der Waals surface area contributed by atoms with Gasteiger partial charge in [0.25, 0.3) is 0 Å². The Morgan fingerprint density at radius 1 is 0.828 bits per heavy atom. The van der Waals surface area contributed by atoms with Crippen LogP contribution in [-0.2, 0) is 42.6 Å². The summed E-state index contributed by atoms with van der Waals surface area (Å²) in [6.07, 6.45) is 17.1. The van der Waals surface area contributed by atoms with Gasteiger partial charge < -0.3 is 18.7 Å². The number of nitrogens with zero attached hydrogens (tertiary/aromatic N) is 2. The summed E-state index contributed by atoms with van der Waals surface area (Å²) in [5, 5.41) is 0. The van der Waals surface area contributed by atoms with Gasteiger partial charge in [0.2, 0.25) is 0 Å². The summed E-state index contributed by atoms with van der Waals surface area (Å²) in [6.45, 7) is 11.6. The molecule has 0 amide bonds. The van der Waals surface area contributed by atoms with Crippen molar-refractivity contribution < 1.29 is 69.6 Å². The Balaban J connectivity index is 0.00000641. The molecule has 0 radical (unpaired) electrons. The van der Waals surface area contributed by atoms with Crippen LogP contribution in [-0.4, -0.2) is 83.8 Å². The van der Waals surface area contributed by atoms with E-state index >= 15 is 0 Å². The topological polar surface area (TPSA) is 147 Å². The molecule has 4 atom stereocenters. The maximum absolute atomic E-state index is 12.4. The molecule has 0 saturated carbocycles. The predicted molar refractivity (Wildman–Crippen MR) is 221 cm³/mol. The molecule has 2 aliphatic heterocycles. The van der Waals surface area contributed by atoms with Crippen LogP contribution in [0.15, 0.2) is 96.4 Å². The molecular formula is C45H57N2NaO8S2. The zero-order chi connectivity index (χ0) is 41.2. The monoisotopic (exact) mass is 840 g/mol. The molecule has 0 aromatic heterocycles. The Labute approximate surface area is 368 Å². The average molecular weight is 841 g/mol. The van der Waals surface area contributed by atoms with Gasteiger partial charge in [0, 0.05) is 67.0 Å². The van der Waals surface area contributed by atoms with Gasteiger partial charge in [0.1, 0.15) is 12.3 Å². The standard InChI is InChI=1S/C45H58N2O8S2.Na/c1-32(48)55-35(24-27-41-45(4,5)43-37-20-10-7-17-34(37)23-26-39(43)47(41)29-13-15-31-57(52,53)54)18-8-11-21-40-44(2,3)42-36-19-9-6-16-33(36)22-25-38(42)46(40)28-12-14-30-56(49,50)51;/h6-11,16-21,24,27,38-39,42-43H,12-15,22-23,25-26,28-31H2,1-5H3,(H-,49,50,51,52,53,54);/q;+1/p-1. The summed E-state index contributed by atoms with van der Waals surface area (Å²) in [5.41, 5.74) is 7.05. The minimum atomic E-state index is -4.30. The zero-order valence-corrected chi connectivity index (χ0v) is 38.5. The third-order valence-corrected chi connectivity index (χ3v) is 14.2. The second-order valence-corrected chi connectivity index (χ2v) is 20.2. The van der Waals surface area contributed by atoms with Gasteiger partial charge in [-0.25, -0.2) is 21.4 Å². The Hall–Kier alpha value is -2.84. The van der Waals surface area contributed by atoms with Crippen molar-refractivity contribution in [2.24, 2.45) is 10.8 Å². The first-order valence-corrected chi connectivity index (χ1v) is 23.4. The van der Waals surface area contributed by atoms with Crippen LogP contribution < -0.4 is 29.6 Å². The van der Waals surface area contributed by atoms with Crippen LogP contribution in [0.25, 0.3) is 0 Å². The van der Waals surface area contributed by atoms with Crippen molar-refractivity contribution in [1.29, 1.82) is 0 Å². The zero-order valence-electron chi connectivity index (χ0n) is 34.9. The molecule has 58 heavy (non-hydrogen) atoms. The Bertz CT molecular complexity index is 2220. The first kappa shape index (κ1) is 46.2. The van der Waals surface area contributed by atoms with Gasteiger partial charge in [-0.15, -0.1) is 0 Å². The largest absolute Gasteiger partial charge is 1.00 e. The predicted octanol–water partition coefficient (Wildman–Crippen LogP) is 4.12. The molecule has 1 saturated heterocycles. The Morgan fingerprint density at radius 3 is 2.03 bits per heavy atom. The second kappa shape index (κ2) is 18.8. The summed E-state index contributed by atoms with van der Waals surface area (Å²) >= 11 is 0. The van der Waals surface area contributed by atoms with E-state index in [2.05, 4.69) is 91.8 Å². The third kappa shape index (κ3) is 10.5. The molecule has 0 N–H and O–H groups in total. The van der Waals surface area contributed by atoms with E-state index in [4.69, 9.17) is 4.74 Å². The second-order valence-electron chi connectivity index (χ2n) is 17.2. The molecule has 2 heterocycles. The number of aryl methyl sites for hydroxylation is 2. The molecule has 2 aliphatic carbocycles. The molecular weight excluding hydrogens is 784 g/mol. The van der Waals surface area contributed by atoms with Crippen LogP contribution >= 0.6 is 0 Å². The summed E-state index contributed by atoms with van der Waals surface area (Å²) in [5.74, 6) is -0.379. The van der Waals surface area contributed by atoms with Gasteiger partial charge >= 0.3 is 35.5 Å². The summed E-state index contributed by atoms with van der Waals surface area (Å²) < 4.78 is 76.2. The average Bonchev–Trinajstić information content (AvgIpc) is 3.49. The van der Waals surface area contributed by atoms with Crippen LogP contribution in [0.3, 0.4) is 0 Å².